The first-order valence-electron chi connectivity index (χ1n) is 26.4. The predicted molar refractivity (Wildman–Crippen MR) is 282 cm³/mol. The summed E-state index contributed by atoms with van der Waals surface area (Å²) in [5.41, 5.74) is 13.9. The molecule has 6 N–H and O–H groups in total. The first-order valence-corrected chi connectivity index (χ1v) is 27.3. The van der Waals surface area contributed by atoms with Crippen molar-refractivity contribution in [2.75, 3.05) is 61.3 Å². The molecular formula is C55H67N13O5S. The van der Waals surface area contributed by atoms with E-state index in [4.69, 9.17) is 15.7 Å². The maximum Gasteiger partial charge on any atom is 0.246 e. The molecule has 3 amide bonds. The van der Waals surface area contributed by atoms with Crippen LogP contribution >= 0.6 is 11.3 Å². The summed E-state index contributed by atoms with van der Waals surface area (Å²) in [5.74, 6) is 0.522. The van der Waals surface area contributed by atoms with Gasteiger partial charge in [0.15, 0.2) is 5.82 Å². The number of nitrogen functional groups attached to an aromatic ring is 1. The first kappa shape index (κ1) is 48.6. The molecule has 0 radical (unpaired) electrons. The lowest BCUT2D eigenvalue weighted by molar-refractivity contribution is -0.216. The van der Waals surface area contributed by atoms with E-state index < -0.39 is 23.6 Å². The number of hydrogen-bond acceptors (Lipinski definition) is 16. The fraction of sp³-hybridized carbons (Fsp3) is 0.527. The van der Waals surface area contributed by atoms with Gasteiger partial charge in [0, 0.05) is 93.8 Å². The maximum absolute atomic E-state index is 14.3. The van der Waals surface area contributed by atoms with Crippen molar-refractivity contribution in [2.24, 2.45) is 16.7 Å². The number of nitrogens with one attached hydrogen (secondary N) is 2. The Kier molecular flexibility index (Phi) is 12.2. The third kappa shape index (κ3) is 8.62. The number of phenols is 1. The lowest BCUT2D eigenvalue weighted by atomic mass is 9.62. The van der Waals surface area contributed by atoms with Gasteiger partial charge in [-0.25, -0.2) is 15.0 Å². The lowest BCUT2D eigenvalue weighted by Gasteiger charge is -2.72. The number of piperazine rings is 1. The molecule has 0 bridgehead atoms. The molecule has 3 aromatic heterocycles. The normalized spacial score (nSPS) is 27.6. The van der Waals surface area contributed by atoms with Gasteiger partial charge in [0.1, 0.15) is 23.7 Å². The number of rotatable bonds is 12. The van der Waals surface area contributed by atoms with Crippen LogP contribution in [-0.4, -0.2) is 150 Å². The van der Waals surface area contributed by atoms with Gasteiger partial charge in [-0.3, -0.25) is 24.2 Å². The van der Waals surface area contributed by atoms with Gasteiger partial charge in [0.05, 0.1) is 57.2 Å². The van der Waals surface area contributed by atoms with E-state index in [1.807, 2.05) is 88.1 Å². The Morgan fingerprint density at radius 1 is 0.865 bits per heavy atom. The molecule has 1 spiro atoms. The Bertz CT molecular complexity index is 2930. The number of aromatic hydroxyl groups is 1. The first-order chi connectivity index (χ1) is 35.5. The second kappa shape index (κ2) is 18.5. The van der Waals surface area contributed by atoms with Crippen molar-refractivity contribution in [1.82, 2.24) is 50.5 Å². The van der Waals surface area contributed by atoms with E-state index in [9.17, 15) is 24.6 Å². The summed E-state index contributed by atoms with van der Waals surface area (Å²) in [6.45, 7) is 13.9. The number of phenolic OH excluding ortho intramolecular Hbond substituents is 1. The zero-order valence-electron chi connectivity index (χ0n) is 42.7. The van der Waals surface area contributed by atoms with Crippen LogP contribution in [0, 0.1) is 23.7 Å². The monoisotopic (exact) mass is 1020 g/mol. The highest BCUT2D eigenvalue weighted by atomic mass is 32.1. The SMILES string of the molecule is Cc1ncsc1-c1ccc(CNC(=O)[C@@H]2C[C@@H](O)CN2C(=O)[C@@H](NC(=O)[C@H]2CC[C@@H](N3CC4(CN(c5cnc(C67CC8CN(c9cc(-c%10ccccc%10O)nnc9N)CC(C6)N87)nc5)C4)C3)CC2)C(C)(C)C)cc1. The van der Waals surface area contributed by atoms with E-state index >= 15 is 0 Å². The number of β-amino-alcohol motifs (C(OH)–C–C–N with tert-alkyl or cyclic N) is 1. The molecule has 7 fully saturated rings. The molecule has 9 heterocycles. The van der Waals surface area contributed by atoms with E-state index in [0.717, 1.165) is 117 Å². The molecule has 74 heavy (non-hydrogen) atoms. The standard InChI is InChI=1S/C55H67N13O5S/c1-32-46(74-31-60-32)34-11-9-33(10-12-34)21-57-50(72)44-17-40(69)26-67(44)51(73)47(53(2,3)4)61-49(71)35-13-15-36(16-14-35)65-27-54(28-65)29-66(30-54)39-22-58-52(59-23-39)55-19-37-24-64(25-38(20-55)68(37)55)43-18-42(62-63-48(43)56)41-7-5-6-8-45(41)70/h5-12,18,22-23,31,35-38,40,44,47,69-70H,13-17,19-21,24-30H2,1-4H3,(H2,56,63)(H,57,72)(H,61,71)/t35-,36+,37?,38?,40-,44+,47-,55?/m1/s1. The maximum atomic E-state index is 14.3. The number of piperidine rings is 1. The molecule has 18 nitrogen and oxygen atoms in total. The van der Waals surface area contributed by atoms with Crippen molar-refractivity contribution in [3.05, 3.63) is 89.6 Å². The summed E-state index contributed by atoms with van der Waals surface area (Å²) in [6.07, 6.45) is 8.73. The predicted octanol–water partition coefficient (Wildman–Crippen LogP) is 4.71. The van der Waals surface area contributed by atoms with Crippen molar-refractivity contribution in [3.8, 4) is 27.4 Å². The van der Waals surface area contributed by atoms with Crippen LogP contribution in [0.25, 0.3) is 21.7 Å². The number of thiazole rings is 1. The summed E-state index contributed by atoms with van der Waals surface area (Å²) in [4.78, 5) is 68.7. The fourth-order valence-corrected chi connectivity index (χ4v) is 14.4. The van der Waals surface area contributed by atoms with Crippen LogP contribution in [-0.2, 0) is 26.5 Å². The molecule has 2 unspecified atom stereocenters. The number of anilines is 3. The Balaban J connectivity index is 0.589. The number of aliphatic hydroxyl groups excluding tert-OH is 1. The van der Waals surface area contributed by atoms with Crippen LogP contribution in [0.3, 0.4) is 0 Å². The number of carbonyl (C=O) groups excluding carboxylic acids is 3. The molecule has 19 heteroatoms. The number of hydrogen-bond donors (Lipinski definition) is 5. The van der Waals surface area contributed by atoms with Gasteiger partial charge in [-0.05, 0) is 80.2 Å². The number of benzene rings is 2. The van der Waals surface area contributed by atoms with Crippen molar-refractivity contribution in [1.29, 1.82) is 0 Å². The van der Waals surface area contributed by atoms with Crippen molar-refractivity contribution in [3.63, 3.8) is 0 Å². The number of nitrogens with zero attached hydrogens (tertiary/aromatic N) is 10. The van der Waals surface area contributed by atoms with Gasteiger partial charge in [-0.2, -0.15) is 0 Å². The molecule has 7 aliphatic rings. The molecule has 1 saturated carbocycles. The van der Waals surface area contributed by atoms with Crippen LogP contribution in [0.5, 0.6) is 5.75 Å². The number of nitrogens with two attached hydrogens (primary N) is 1. The summed E-state index contributed by atoms with van der Waals surface area (Å²) in [6, 6.07) is 16.6. The number of aromatic nitrogens is 5. The third-order valence-electron chi connectivity index (χ3n) is 17.4. The van der Waals surface area contributed by atoms with E-state index in [1.54, 1.807) is 23.5 Å². The second-order valence-corrected chi connectivity index (χ2v) is 24.3. The highest BCUT2D eigenvalue weighted by Gasteiger charge is 2.67. The molecule has 6 aliphatic heterocycles. The summed E-state index contributed by atoms with van der Waals surface area (Å²) >= 11 is 1.59. The molecular weight excluding hydrogens is 955 g/mol. The zero-order chi connectivity index (χ0) is 51.3. The average Bonchev–Trinajstić information content (AvgIpc) is 3.97. The van der Waals surface area contributed by atoms with Gasteiger partial charge in [0.2, 0.25) is 17.7 Å². The van der Waals surface area contributed by atoms with E-state index in [-0.39, 0.29) is 59.9 Å². The van der Waals surface area contributed by atoms with Crippen LogP contribution in [0.1, 0.15) is 82.8 Å². The van der Waals surface area contributed by atoms with E-state index in [2.05, 4.69) is 45.4 Å². The van der Waals surface area contributed by atoms with Crippen LogP contribution in [0.15, 0.2) is 72.5 Å². The topological polar surface area (TPSA) is 222 Å². The number of carbonyl (C=O) groups is 3. The van der Waals surface area contributed by atoms with Crippen LogP contribution < -0.4 is 26.2 Å². The van der Waals surface area contributed by atoms with Crippen LogP contribution in [0.2, 0.25) is 0 Å². The number of para-hydroxylation sites is 1. The Morgan fingerprint density at radius 3 is 2.23 bits per heavy atom. The summed E-state index contributed by atoms with van der Waals surface area (Å²) in [7, 11) is 0. The lowest BCUT2D eigenvalue weighted by Crippen LogP contribution is -2.83. The zero-order valence-corrected chi connectivity index (χ0v) is 43.5. The van der Waals surface area contributed by atoms with E-state index in [1.165, 1.54) is 4.90 Å². The number of amides is 3. The highest BCUT2D eigenvalue weighted by molar-refractivity contribution is 7.13. The highest BCUT2D eigenvalue weighted by Crippen LogP contribution is 2.59. The largest absolute Gasteiger partial charge is 0.507 e. The Morgan fingerprint density at radius 2 is 1.57 bits per heavy atom. The van der Waals surface area contributed by atoms with Gasteiger partial charge < -0.3 is 41.3 Å². The molecule has 1 aliphatic carbocycles. The molecule has 5 aromatic rings. The van der Waals surface area contributed by atoms with Crippen LogP contribution in [0.4, 0.5) is 17.2 Å². The Labute approximate surface area is 435 Å². The Hall–Kier alpha value is -6.28. The van der Waals surface area contributed by atoms with Gasteiger partial charge in [-0.15, -0.1) is 21.5 Å². The minimum absolute atomic E-state index is 0.0408. The average molecular weight is 1020 g/mol. The van der Waals surface area contributed by atoms with Gasteiger partial charge >= 0.3 is 0 Å². The van der Waals surface area contributed by atoms with Crippen molar-refractivity contribution < 1.29 is 24.6 Å². The number of aryl methyl sites for hydroxylation is 1. The van der Waals surface area contributed by atoms with Gasteiger partial charge in [0.25, 0.3) is 0 Å². The summed E-state index contributed by atoms with van der Waals surface area (Å²) in [5, 5.41) is 35.8. The number of likely N-dealkylation sites (tertiary alicyclic amines) is 2. The van der Waals surface area contributed by atoms with Crippen molar-refractivity contribution >= 4 is 46.3 Å². The molecule has 5 atom stereocenters. The molecule has 388 valence electrons. The quantitative estimate of drug-likeness (QED) is 0.114. The number of aliphatic hydroxyl groups is 1. The minimum Gasteiger partial charge on any atom is -0.507 e. The third-order valence-corrected chi connectivity index (χ3v) is 18.4. The molecule has 12 rings (SSSR count). The minimum atomic E-state index is -0.850. The summed E-state index contributed by atoms with van der Waals surface area (Å²) < 4.78 is 0. The second-order valence-electron chi connectivity index (χ2n) is 23.5. The fourth-order valence-electron chi connectivity index (χ4n) is 13.6. The van der Waals surface area contributed by atoms with Crippen molar-refractivity contribution in [2.45, 2.75) is 121 Å². The smallest absolute Gasteiger partial charge is 0.246 e. The van der Waals surface area contributed by atoms with Gasteiger partial charge in [-0.1, -0.05) is 57.2 Å². The van der Waals surface area contributed by atoms with E-state index in [0.29, 0.717) is 35.2 Å². The molecule has 6 saturated heterocycles. The molecule has 2 aromatic carbocycles.